The Balaban J connectivity index is 2.00. The quantitative estimate of drug-likeness (QED) is 0.860. The second-order valence-electron chi connectivity index (χ2n) is 5.00. The Labute approximate surface area is 113 Å². The summed E-state index contributed by atoms with van der Waals surface area (Å²) in [7, 11) is 0. The molecular weight excluding hydrogens is 242 g/mol. The molecule has 1 aliphatic rings. The zero-order valence-electron chi connectivity index (χ0n) is 11.5. The lowest BCUT2D eigenvalue weighted by Gasteiger charge is -2.17. The summed E-state index contributed by atoms with van der Waals surface area (Å²) < 4.78 is 0. The van der Waals surface area contributed by atoms with Crippen LogP contribution < -0.4 is 5.32 Å². The van der Waals surface area contributed by atoms with Crippen LogP contribution in [0.3, 0.4) is 0 Å². The predicted molar refractivity (Wildman–Crippen MR) is 74.1 cm³/mol. The van der Waals surface area contributed by atoms with E-state index in [4.69, 9.17) is 0 Å². The Morgan fingerprint density at radius 3 is 2.95 bits per heavy atom. The van der Waals surface area contributed by atoms with Gasteiger partial charge in [-0.25, -0.2) is 4.98 Å². The number of rotatable bonds is 4. The van der Waals surface area contributed by atoms with E-state index in [1.165, 1.54) is 0 Å². The fourth-order valence-electron chi connectivity index (χ4n) is 2.35. The highest BCUT2D eigenvalue weighted by Gasteiger charge is 2.29. The third-order valence-corrected chi connectivity index (χ3v) is 3.56. The van der Waals surface area contributed by atoms with Crippen LogP contribution in [0.5, 0.6) is 0 Å². The highest BCUT2D eigenvalue weighted by Crippen LogP contribution is 2.21. The number of aliphatic hydroxyl groups excluding tert-OH is 1. The zero-order valence-corrected chi connectivity index (χ0v) is 11.5. The van der Waals surface area contributed by atoms with E-state index in [0.717, 1.165) is 18.8 Å². The molecule has 2 atom stereocenters. The highest BCUT2D eigenvalue weighted by atomic mass is 16.3. The summed E-state index contributed by atoms with van der Waals surface area (Å²) in [6.45, 7) is 5.93. The van der Waals surface area contributed by atoms with Gasteiger partial charge in [0.15, 0.2) is 0 Å². The summed E-state index contributed by atoms with van der Waals surface area (Å²) in [6, 6.07) is 3.61. The van der Waals surface area contributed by atoms with Crippen molar-refractivity contribution >= 4 is 11.7 Å². The van der Waals surface area contributed by atoms with Gasteiger partial charge in [-0.1, -0.05) is 0 Å². The molecule has 1 amide bonds. The van der Waals surface area contributed by atoms with Crippen LogP contribution >= 0.6 is 0 Å². The van der Waals surface area contributed by atoms with E-state index in [-0.39, 0.29) is 17.9 Å². The van der Waals surface area contributed by atoms with Crippen molar-refractivity contribution in [2.24, 2.45) is 5.92 Å². The minimum atomic E-state index is -0.355. The maximum atomic E-state index is 12.3. The first-order chi connectivity index (χ1) is 9.11. The van der Waals surface area contributed by atoms with Crippen LogP contribution in [0.1, 0.15) is 30.6 Å². The van der Waals surface area contributed by atoms with Crippen molar-refractivity contribution in [3.05, 3.63) is 23.9 Å². The SMILES string of the molecule is CCNc1ccc(C(=O)N2CCC(C(C)O)C2)cn1. The Morgan fingerprint density at radius 2 is 2.42 bits per heavy atom. The van der Waals surface area contributed by atoms with Gasteiger partial charge in [-0.05, 0) is 32.4 Å². The molecule has 0 aliphatic carbocycles. The molecule has 1 fully saturated rings. The Bertz CT molecular complexity index is 431. The standard InChI is InChI=1S/C14H21N3O2/c1-3-15-13-5-4-11(8-16-13)14(19)17-7-6-12(9-17)10(2)18/h4-5,8,10,12,18H,3,6-7,9H2,1-2H3,(H,15,16). The molecule has 5 nitrogen and oxygen atoms in total. The molecule has 0 spiro atoms. The van der Waals surface area contributed by atoms with Gasteiger partial charge in [-0.2, -0.15) is 0 Å². The van der Waals surface area contributed by atoms with Gasteiger partial charge in [0.25, 0.3) is 5.91 Å². The van der Waals surface area contributed by atoms with Crippen LogP contribution in [-0.2, 0) is 0 Å². The second kappa shape index (κ2) is 6.02. The lowest BCUT2D eigenvalue weighted by Crippen LogP contribution is -2.30. The van der Waals surface area contributed by atoms with Crippen molar-refractivity contribution in [2.45, 2.75) is 26.4 Å². The minimum absolute atomic E-state index is 0.00121. The molecule has 0 aromatic carbocycles. The number of carbonyl (C=O) groups excluding carboxylic acids is 1. The maximum Gasteiger partial charge on any atom is 0.255 e. The first-order valence-corrected chi connectivity index (χ1v) is 6.79. The van der Waals surface area contributed by atoms with Gasteiger partial charge in [-0.3, -0.25) is 4.79 Å². The molecule has 1 aromatic heterocycles. The van der Waals surface area contributed by atoms with E-state index in [0.29, 0.717) is 18.7 Å². The molecule has 2 unspecified atom stereocenters. The number of aliphatic hydroxyl groups is 1. The van der Waals surface area contributed by atoms with Crippen molar-refractivity contribution in [2.75, 3.05) is 25.0 Å². The van der Waals surface area contributed by atoms with Gasteiger partial charge in [0, 0.05) is 31.7 Å². The lowest BCUT2D eigenvalue weighted by atomic mass is 10.0. The average Bonchev–Trinajstić information content (AvgIpc) is 2.89. The molecule has 19 heavy (non-hydrogen) atoms. The van der Waals surface area contributed by atoms with Crippen LogP contribution in [0.25, 0.3) is 0 Å². The van der Waals surface area contributed by atoms with Gasteiger partial charge in [0.2, 0.25) is 0 Å². The summed E-state index contributed by atoms with van der Waals surface area (Å²) in [4.78, 5) is 18.3. The first-order valence-electron chi connectivity index (χ1n) is 6.79. The summed E-state index contributed by atoms with van der Waals surface area (Å²) in [5, 5.41) is 12.7. The van der Waals surface area contributed by atoms with Gasteiger partial charge in [0.05, 0.1) is 11.7 Å². The zero-order chi connectivity index (χ0) is 13.8. The van der Waals surface area contributed by atoms with E-state index in [1.807, 2.05) is 13.0 Å². The number of anilines is 1. The predicted octanol–water partition coefficient (Wildman–Crippen LogP) is 1.36. The van der Waals surface area contributed by atoms with Crippen LogP contribution in [0.2, 0.25) is 0 Å². The molecule has 0 radical (unpaired) electrons. The van der Waals surface area contributed by atoms with Crippen LogP contribution in [0.15, 0.2) is 18.3 Å². The van der Waals surface area contributed by atoms with Crippen molar-refractivity contribution in [1.82, 2.24) is 9.88 Å². The van der Waals surface area contributed by atoms with E-state index in [1.54, 1.807) is 24.1 Å². The highest BCUT2D eigenvalue weighted by molar-refractivity contribution is 5.94. The molecule has 1 aromatic rings. The Hall–Kier alpha value is -1.62. The fourth-order valence-corrected chi connectivity index (χ4v) is 2.35. The molecular formula is C14H21N3O2. The van der Waals surface area contributed by atoms with Crippen molar-refractivity contribution < 1.29 is 9.90 Å². The largest absolute Gasteiger partial charge is 0.393 e. The maximum absolute atomic E-state index is 12.3. The molecule has 0 saturated carbocycles. The molecule has 1 saturated heterocycles. The molecule has 1 aliphatic heterocycles. The van der Waals surface area contributed by atoms with Crippen LogP contribution in [-0.4, -0.2) is 46.6 Å². The van der Waals surface area contributed by atoms with Gasteiger partial charge in [-0.15, -0.1) is 0 Å². The van der Waals surface area contributed by atoms with E-state index >= 15 is 0 Å². The van der Waals surface area contributed by atoms with Gasteiger partial charge >= 0.3 is 0 Å². The van der Waals surface area contributed by atoms with Crippen molar-refractivity contribution in [3.8, 4) is 0 Å². The average molecular weight is 263 g/mol. The number of pyridine rings is 1. The van der Waals surface area contributed by atoms with E-state index < -0.39 is 0 Å². The Morgan fingerprint density at radius 1 is 1.63 bits per heavy atom. The lowest BCUT2D eigenvalue weighted by molar-refractivity contribution is 0.0762. The molecule has 2 rings (SSSR count). The number of nitrogens with one attached hydrogen (secondary N) is 1. The normalized spacial score (nSPS) is 20.4. The van der Waals surface area contributed by atoms with Crippen LogP contribution in [0, 0.1) is 5.92 Å². The number of nitrogens with zero attached hydrogens (tertiary/aromatic N) is 2. The number of hydrogen-bond acceptors (Lipinski definition) is 4. The molecule has 5 heteroatoms. The summed E-state index contributed by atoms with van der Waals surface area (Å²) in [6.07, 6.45) is 2.12. The summed E-state index contributed by atoms with van der Waals surface area (Å²) >= 11 is 0. The molecule has 0 bridgehead atoms. The van der Waals surface area contributed by atoms with E-state index in [9.17, 15) is 9.90 Å². The number of aromatic nitrogens is 1. The summed E-state index contributed by atoms with van der Waals surface area (Å²) in [5.41, 5.74) is 0.605. The number of likely N-dealkylation sites (tertiary alicyclic amines) is 1. The van der Waals surface area contributed by atoms with Gasteiger partial charge < -0.3 is 15.3 Å². The van der Waals surface area contributed by atoms with E-state index in [2.05, 4.69) is 10.3 Å². The third-order valence-electron chi connectivity index (χ3n) is 3.56. The van der Waals surface area contributed by atoms with Crippen molar-refractivity contribution in [1.29, 1.82) is 0 Å². The first kappa shape index (κ1) is 13.8. The topological polar surface area (TPSA) is 65.5 Å². The Kier molecular flexibility index (Phi) is 4.37. The summed E-state index contributed by atoms with van der Waals surface area (Å²) in [5.74, 6) is 0.971. The number of hydrogen-bond donors (Lipinski definition) is 2. The van der Waals surface area contributed by atoms with Gasteiger partial charge in [0.1, 0.15) is 5.82 Å². The number of amides is 1. The second-order valence-corrected chi connectivity index (χ2v) is 5.00. The smallest absolute Gasteiger partial charge is 0.255 e. The van der Waals surface area contributed by atoms with Crippen molar-refractivity contribution in [3.63, 3.8) is 0 Å². The van der Waals surface area contributed by atoms with Crippen LogP contribution in [0.4, 0.5) is 5.82 Å². The third kappa shape index (κ3) is 3.23. The number of carbonyl (C=O) groups is 1. The fraction of sp³-hybridized carbons (Fsp3) is 0.571. The molecule has 2 N–H and O–H groups in total. The molecule has 104 valence electrons. The minimum Gasteiger partial charge on any atom is -0.393 e. The monoisotopic (exact) mass is 263 g/mol. The molecule has 2 heterocycles.